The second-order valence-corrected chi connectivity index (χ2v) is 5.18. The molecule has 1 atom stereocenters. The minimum Gasteiger partial charge on any atom is -0.464 e. The van der Waals surface area contributed by atoms with E-state index >= 15 is 0 Å². The van der Waals surface area contributed by atoms with Gasteiger partial charge in [0.2, 0.25) is 0 Å². The van der Waals surface area contributed by atoms with Crippen LogP contribution in [0, 0.1) is 0 Å². The number of pyridine rings is 1. The van der Waals surface area contributed by atoms with E-state index in [0.29, 0.717) is 5.69 Å². The number of rotatable bonds is 1. The molecule has 2 N–H and O–H groups in total. The Morgan fingerprint density at radius 3 is 2.86 bits per heavy atom. The third-order valence-electron chi connectivity index (χ3n) is 4.07. The molecule has 3 rings (SSSR count). The Balaban J connectivity index is 2.24. The number of nitrogens with zero attached hydrogens (tertiary/aromatic N) is 2. The number of methoxy groups -OCH3 is 1. The van der Waals surface area contributed by atoms with Crippen molar-refractivity contribution in [1.82, 2.24) is 4.98 Å². The number of para-hydroxylation sites is 1. The van der Waals surface area contributed by atoms with Gasteiger partial charge < -0.3 is 15.4 Å². The number of fused-ring (bicyclic) bond motifs is 3. The summed E-state index contributed by atoms with van der Waals surface area (Å²) in [7, 11) is 3.36. The first-order chi connectivity index (χ1) is 10.0. The average Bonchev–Trinajstić information content (AvgIpc) is 2.51. The summed E-state index contributed by atoms with van der Waals surface area (Å²) in [6.07, 6.45) is 1.73. The van der Waals surface area contributed by atoms with E-state index in [4.69, 9.17) is 10.5 Å². The van der Waals surface area contributed by atoms with Crippen LogP contribution in [0.3, 0.4) is 0 Å². The molecule has 0 unspecified atom stereocenters. The van der Waals surface area contributed by atoms with Crippen LogP contribution in [0.25, 0.3) is 11.1 Å². The molecular formula is C16H17N3O2. The molecule has 1 aromatic carbocycles. The number of anilines is 2. The summed E-state index contributed by atoms with van der Waals surface area (Å²) < 4.78 is 4.74. The zero-order valence-electron chi connectivity index (χ0n) is 12.3. The zero-order valence-corrected chi connectivity index (χ0v) is 12.3. The van der Waals surface area contributed by atoms with Crippen molar-refractivity contribution in [2.24, 2.45) is 0 Å². The number of ether oxygens (including phenoxy) is 1. The summed E-state index contributed by atoms with van der Waals surface area (Å²) in [5, 5.41) is 0. The number of nitrogen functional groups attached to an aromatic ring is 1. The van der Waals surface area contributed by atoms with Gasteiger partial charge in [-0.3, -0.25) is 0 Å². The largest absolute Gasteiger partial charge is 0.464 e. The van der Waals surface area contributed by atoms with E-state index in [0.717, 1.165) is 28.1 Å². The molecular weight excluding hydrogens is 266 g/mol. The topological polar surface area (TPSA) is 68.4 Å². The molecule has 108 valence electrons. The van der Waals surface area contributed by atoms with Gasteiger partial charge in [-0.1, -0.05) is 12.1 Å². The maximum absolute atomic E-state index is 11.7. The molecule has 21 heavy (non-hydrogen) atoms. The van der Waals surface area contributed by atoms with Gasteiger partial charge in [0, 0.05) is 24.4 Å². The van der Waals surface area contributed by atoms with Crippen molar-refractivity contribution in [2.75, 3.05) is 24.8 Å². The Morgan fingerprint density at radius 1 is 1.38 bits per heavy atom. The Hall–Kier alpha value is -2.56. The van der Waals surface area contributed by atoms with E-state index in [-0.39, 0.29) is 6.04 Å². The average molecular weight is 283 g/mol. The lowest BCUT2D eigenvalue weighted by molar-refractivity contribution is 0.0594. The summed E-state index contributed by atoms with van der Waals surface area (Å²) in [4.78, 5) is 18.0. The second kappa shape index (κ2) is 4.77. The normalized spacial score (nSPS) is 16.1. The third-order valence-corrected chi connectivity index (χ3v) is 4.07. The number of carbonyl (C=O) groups is 1. The van der Waals surface area contributed by atoms with Crippen molar-refractivity contribution in [3.05, 3.63) is 41.7 Å². The molecule has 1 aliphatic rings. The molecule has 2 heterocycles. The minimum atomic E-state index is -0.425. The van der Waals surface area contributed by atoms with Crippen LogP contribution in [0.4, 0.5) is 11.4 Å². The monoisotopic (exact) mass is 283 g/mol. The van der Waals surface area contributed by atoms with E-state index < -0.39 is 5.97 Å². The minimum absolute atomic E-state index is 0.101. The van der Waals surface area contributed by atoms with Crippen LogP contribution < -0.4 is 10.6 Å². The van der Waals surface area contributed by atoms with Crippen LogP contribution >= 0.6 is 0 Å². The van der Waals surface area contributed by atoms with Crippen molar-refractivity contribution in [3.8, 4) is 11.1 Å². The fourth-order valence-electron chi connectivity index (χ4n) is 2.83. The SMILES string of the molecule is COC(=O)c1cc2c(cn1)-c1cccc(N)c1N(C)[C@@H]2C. The van der Waals surface area contributed by atoms with Gasteiger partial charge in [-0.05, 0) is 24.6 Å². The van der Waals surface area contributed by atoms with Crippen LogP contribution in [-0.4, -0.2) is 25.1 Å². The number of nitrogens with two attached hydrogens (primary N) is 1. The van der Waals surface area contributed by atoms with Gasteiger partial charge in [0.15, 0.2) is 0 Å². The zero-order chi connectivity index (χ0) is 15.1. The first-order valence-corrected chi connectivity index (χ1v) is 6.74. The molecule has 0 spiro atoms. The molecule has 2 aromatic rings. The molecule has 0 radical (unpaired) electrons. The van der Waals surface area contributed by atoms with Gasteiger partial charge in [-0.25, -0.2) is 9.78 Å². The highest BCUT2D eigenvalue weighted by Gasteiger charge is 2.28. The fourth-order valence-corrected chi connectivity index (χ4v) is 2.83. The molecule has 0 amide bonds. The number of carbonyl (C=O) groups excluding carboxylic acids is 1. The standard InChI is InChI=1S/C16H17N3O2/c1-9-11-7-14(16(20)21-3)18-8-12(11)10-5-4-6-13(17)15(10)19(9)2/h4-9H,17H2,1-3H3/t9-/m1/s1. The number of aromatic nitrogens is 1. The summed E-state index contributed by atoms with van der Waals surface area (Å²) in [5.74, 6) is -0.425. The lowest BCUT2D eigenvalue weighted by Crippen LogP contribution is -2.27. The van der Waals surface area contributed by atoms with Crippen LogP contribution in [0.15, 0.2) is 30.5 Å². The van der Waals surface area contributed by atoms with Gasteiger partial charge in [0.05, 0.1) is 24.5 Å². The second-order valence-electron chi connectivity index (χ2n) is 5.18. The van der Waals surface area contributed by atoms with Gasteiger partial charge in [-0.15, -0.1) is 0 Å². The Labute approximate surface area is 123 Å². The first-order valence-electron chi connectivity index (χ1n) is 6.74. The van der Waals surface area contributed by atoms with Crippen LogP contribution in [0.2, 0.25) is 0 Å². The highest BCUT2D eigenvalue weighted by atomic mass is 16.5. The summed E-state index contributed by atoms with van der Waals surface area (Å²) in [5.41, 5.74) is 11.3. The van der Waals surface area contributed by atoms with Gasteiger partial charge in [0.25, 0.3) is 0 Å². The molecule has 0 fully saturated rings. The molecule has 0 aliphatic carbocycles. The Bertz CT molecular complexity index is 727. The maximum atomic E-state index is 11.7. The van der Waals surface area contributed by atoms with E-state index in [2.05, 4.69) is 16.8 Å². The van der Waals surface area contributed by atoms with E-state index in [1.165, 1.54) is 7.11 Å². The predicted octanol–water partition coefficient (Wildman–Crippen LogP) is 2.63. The summed E-state index contributed by atoms with van der Waals surface area (Å²) in [6, 6.07) is 7.74. The molecule has 1 aliphatic heterocycles. The smallest absolute Gasteiger partial charge is 0.356 e. The van der Waals surface area contributed by atoms with Crippen molar-refractivity contribution >= 4 is 17.3 Å². The summed E-state index contributed by atoms with van der Waals surface area (Å²) >= 11 is 0. The highest BCUT2D eigenvalue weighted by Crippen LogP contribution is 2.46. The van der Waals surface area contributed by atoms with Gasteiger partial charge >= 0.3 is 5.97 Å². The van der Waals surface area contributed by atoms with Crippen molar-refractivity contribution in [1.29, 1.82) is 0 Å². The van der Waals surface area contributed by atoms with Crippen LogP contribution in [-0.2, 0) is 4.74 Å². The van der Waals surface area contributed by atoms with Crippen LogP contribution in [0.1, 0.15) is 29.0 Å². The molecule has 1 aromatic heterocycles. The number of hydrogen-bond acceptors (Lipinski definition) is 5. The predicted molar refractivity (Wildman–Crippen MR) is 82.2 cm³/mol. The van der Waals surface area contributed by atoms with Crippen LogP contribution in [0.5, 0.6) is 0 Å². The molecule has 0 saturated heterocycles. The highest BCUT2D eigenvalue weighted by molar-refractivity contribution is 5.93. The Kier molecular flexibility index (Phi) is 3.05. The Morgan fingerprint density at radius 2 is 2.14 bits per heavy atom. The lowest BCUT2D eigenvalue weighted by atomic mass is 9.89. The first kappa shape index (κ1) is 13.4. The molecule has 5 nitrogen and oxygen atoms in total. The van der Waals surface area contributed by atoms with Gasteiger partial charge in [0.1, 0.15) is 5.69 Å². The molecule has 0 saturated carbocycles. The fraction of sp³-hybridized carbons (Fsp3) is 0.250. The number of hydrogen-bond donors (Lipinski definition) is 1. The molecule has 0 bridgehead atoms. The quantitative estimate of drug-likeness (QED) is 0.643. The number of esters is 1. The third kappa shape index (κ3) is 1.93. The van der Waals surface area contributed by atoms with E-state index in [1.807, 2.05) is 25.2 Å². The summed E-state index contributed by atoms with van der Waals surface area (Å²) in [6.45, 7) is 2.08. The number of benzene rings is 1. The van der Waals surface area contributed by atoms with Crippen molar-refractivity contribution < 1.29 is 9.53 Å². The van der Waals surface area contributed by atoms with Gasteiger partial charge in [-0.2, -0.15) is 0 Å². The van der Waals surface area contributed by atoms with E-state index in [1.54, 1.807) is 12.3 Å². The van der Waals surface area contributed by atoms with E-state index in [9.17, 15) is 4.79 Å². The van der Waals surface area contributed by atoms with Crippen molar-refractivity contribution in [2.45, 2.75) is 13.0 Å². The molecule has 5 heteroatoms. The lowest BCUT2D eigenvalue weighted by Gasteiger charge is -2.36. The van der Waals surface area contributed by atoms with Crippen molar-refractivity contribution in [3.63, 3.8) is 0 Å². The maximum Gasteiger partial charge on any atom is 0.356 e.